The largest absolute Gasteiger partial charge is 0.492 e. The number of hydrogen-bond acceptors (Lipinski definition) is 3. The van der Waals surface area contributed by atoms with Gasteiger partial charge in [0.15, 0.2) is 5.96 Å². The molecule has 0 aliphatic carbocycles. The molecule has 0 saturated heterocycles. The van der Waals surface area contributed by atoms with Crippen LogP contribution in [0.25, 0.3) is 0 Å². The van der Waals surface area contributed by atoms with Gasteiger partial charge < -0.3 is 15.4 Å². The number of thioether (sulfide) groups is 1. The number of ether oxygens (including phenoxy) is 1. The van der Waals surface area contributed by atoms with Crippen LogP contribution in [0.2, 0.25) is 0 Å². The maximum absolute atomic E-state index is 5.60. The predicted molar refractivity (Wildman–Crippen MR) is 84.3 cm³/mol. The van der Waals surface area contributed by atoms with E-state index in [1.165, 1.54) is 5.75 Å². The molecule has 0 heterocycles. The lowest BCUT2D eigenvalue weighted by atomic mass is 10.3. The summed E-state index contributed by atoms with van der Waals surface area (Å²) in [6.45, 7) is 2.30. The minimum Gasteiger partial charge on any atom is -0.492 e. The number of nitrogens with one attached hydrogen (secondary N) is 2. The molecule has 0 unspecified atom stereocenters. The van der Waals surface area contributed by atoms with Gasteiger partial charge in [-0.05, 0) is 30.6 Å². The van der Waals surface area contributed by atoms with E-state index in [0.717, 1.165) is 31.2 Å². The molecule has 1 aromatic rings. The zero-order valence-electron chi connectivity index (χ0n) is 11.7. The fraction of sp³-hybridized carbons (Fsp3) is 0.500. The average molecular weight is 281 g/mol. The van der Waals surface area contributed by atoms with Crippen molar-refractivity contribution in [3.63, 3.8) is 0 Å². The van der Waals surface area contributed by atoms with Gasteiger partial charge in [-0.1, -0.05) is 18.2 Å². The molecular formula is C14H23N3OS. The second-order valence-electron chi connectivity index (χ2n) is 3.93. The average Bonchev–Trinajstić information content (AvgIpc) is 2.46. The molecule has 0 aliphatic heterocycles. The molecule has 0 aromatic heterocycles. The van der Waals surface area contributed by atoms with E-state index in [4.69, 9.17) is 4.74 Å². The molecule has 1 rings (SSSR count). The number of hydrogen-bond donors (Lipinski definition) is 2. The second-order valence-corrected chi connectivity index (χ2v) is 4.92. The summed E-state index contributed by atoms with van der Waals surface area (Å²) in [5.74, 6) is 2.89. The van der Waals surface area contributed by atoms with E-state index in [0.29, 0.717) is 6.61 Å². The van der Waals surface area contributed by atoms with Crippen LogP contribution in [0.15, 0.2) is 35.3 Å². The summed E-state index contributed by atoms with van der Waals surface area (Å²) in [5.41, 5.74) is 0. The minimum atomic E-state index is 0.621. The SMILES string of the molecule is CN=C(NCCCSC)NCCOc1ccccc1. The second kappa shape index (κ2) is 10.6. The van der Waals surface area contributed by atoms with Crippen molar-refractivity contribution in [3.05, 3.63) is 30.3 Å². The summed E-state index contributed by atoms with van der Waals surface area (Å²) in [4.78, 5) is 4.16. The lowest BCUT2D eigenvalue weighted by molar-refractivity contribution is 0.322. The van der Waals surface area contributed by atoms with Crippen LogP contribution in [0.3, 0.4) is 0 Å². The molecule has 1 aromatic carbocycles. The lowest BCUT2D eigenvalue weighted by Crippen LogP contribution is -2.39. The summed E-state index contributed by atoms with van der Waals surface area (Å²) in [6, 6.07) is 9.82. The Labute approximate surface area is 120 Å². The first-order chi connectivity index (χ1) is 9.36. The number of rotatable bonds is 8. The fourth-order valence-corrected chi connectivity index (χ4v) is 1.93. The Balaban J connectivity index is 2.09. The van der Waals surface area contributed by atoms with Crippen molar-refractivity contribution in [1.29, 1.82) is 0 Å². The normalized spacial score (nSPS) is 11.2. The molecule has 0 spiro atoms. The monoisotopic (exact) mass is 281 g/mol. The van der Waals surface area contributed by atoms with Crippen LogP contribution in [0.1, 0.15) is 6.42 Å². The summed E-state index contributed by atoms with van der Waals surface area (Å²) in [7, 11) is 1.78. The Morgan fingerprint density at radius 3 is 2.63 bits per heavy atom. The molecule has 19 heavy (non-hydrogen) atoms. The van der Waals surface area contributed by atoms with E-state index in [1.807, 2.05) is 42.1 Å². The van der Waals surface area contributed by atoms with Gasteiger partial charge in [0.1, 0.15) is 12.4 Å². The Kier molecular flexibility index (Phi) is 8.72. The smallest absolute Gasteiger partial charge is 0.191 e. The molecular weight excluding hydrogens is 258 g/mol. The molecule has 0 saturated carbocycles. The van der Waals surface area contributed by atoms with Crippen molar-refractivity contribution in [2.75, 3.05) is 38.8 Å². The van der Waals surface area contributed by atoms with Crippen LogP contribution in [-0.4, -0.2) is 44.7 Å². The van der Waals surface area contributed by atoms with Crippen LogP contribution in [0, 0.1) is 0 Å². The maximum Gasteiger partial charge on any atom is 0.191 e. The summed E-state index contributed by atoms with van der Waals surface area (Å²) in [5, 5.41) is 6.50. The van der Waals surface area contributed by atoms with Gasteiger partial charge in [0.05, 0.1) is 6.54 Å². The van der Waals surface area contributed by atoms with Crippen molar-refractivity contribution in [3.8, 4) is 5.75 Å². The van der Waals surface area contributed by atoms with Gasteiger partial charge in [0.2, 0.25) is 0 Å². The first-order valence-electron chi connectivity index (χ1n) is 6.48. The Bertz CT molecular complexity index is 357. The van der Waals surface area contributed by atoms with E-state index in [1.54, 1.807) is 7.05 Å². The molecule has 0 radical (unpaired) electrons. The Hall–Kier alpha value is -1.36. The summed E-state index contributed by atoms with van der Waals surface area (Å²) < 4.78 is 5.60. The fourth-order valence-electron chi connectivity index (χ4n) is 1.50. The highest BCUT2D eigenvalue weighted by Crippen LogP contribution is 2.07. The van der Waals surface area contributed by atoms with Crippen LogP contribution < -0.4 is 15.4 Å². The molecule has 5 heteroatoms. The van der Waals surface area contributed by atoms with E-state index in [2.05, 4.69) is 21.9 Å². The van der Waals surface area contributed by atoms with Gasteiger partial charge in [-0.3, -0.25) is 4.99 Å². The van der Waals surface area contributed by atoms with Gasteiger partial charge in [-0.15, -0.1) is 0 Å². The van der Waals surface area contributed by atoms with Crippen molar-refractivity contribution < 1.29 is 4.74 Å². The first-order valence-corrected chi connectivity index (χ1v) is 7.87. The number of nitrogens with zero attached hydrogens (tertiary/aromatic N) is 1. The van der Waals surface area contributed by atoms with Crippen molar-refractivity contribution >= 4 is 17.7 Å². The number of aliphatic imine (C=N–C) groups is 1. The molecule has 2 N–H and O–H groups in total. The zero-order chi connectivity index (χ0) is 13.8. The van der Waals surface area contributed by atoms with Crippen molar-refractivity contribution in [1.82, 2.24) is 10.6 Å². The van der Waals surface area contributed by atoms with Crippen LogP contribution >= 0.6 is 11.8 Å². The molecule has 0 bridgehead atoms. The molecule has 0 aliphatic rings. The van der Waals surface area contributed by atoms with E-state index in [-0.39, 0.29) is 0 Å². The van der Waals surface area contributed by atoms with Crippen LogP contribution in [-0.2, 0) is 0 Å². The van der Waals surface area contributed by atoms with Crippen LogP contribution in [0.4, 0.5) is 0 Å². The van der Waals surface area contributed by atoms with Crippen LogP contribution in [0.5, 0.6) is 5.75 Å². The first kappa shape index (κ1) is 15.7. The number of para-hydroxylation sites is 1. The Morgan fingerprint density at radius 2 is 1.95 bits per heavy atom. The van der Waals surface area contributed by atoms with Gasteiger partial charge in [-0.25, -0.2) is 0 Å². The third-order valence-corrected chi connectivity index (χ3v) is 3.14. The summed E-state index contributed by atoms with van der Waals surface area (Å²) in [6.07, 6.45) is 3.26. The van der Waals surface area contributed by atoms with Gasteiger partial charge in [0.25, 0.3) is 0 Å². The topological polar surface area (TPSA) is 45.7 Å². The van der Waals surface area contributed by atoms with E-state index < -0.39 is 0 Å². The molecule has 0 fully saturated rings. The highest BCUT2D eigenvalue weighted by molar-refractivity contribution is 7.98. The minimum absolute atomic E-state index is 0.621. The molecule has 4 nitrogen and oxygen atoms in total. The molecule has 106 valence electrons. The maximum atomic E-state index is 5.60. The highest BCUT2D eigenvalue weighted by atomic mass is 32.2. The highest BCUT2D eigenvalue weighted by Gasteiger charge is 1.96. The van der Waals surface area contributed by atoms with Gasteiger partial charge in [-0.2, -0.15) is 11.8 Å². The van der Waals surface area contributed by atoms with Crippen molar-refractivity contribution in [2.24, 2.45) is 4.99 Å². The van der Waals surface area contributed by atoms with Gasteiger partial charge in [0, 0.05) is 13.6 Å². The standard InChI is InChI=1S/C14H23N3OS/c1-15-14(16-9-6-12-19-2)17-10-11-18-13-7-4-3-5-8-13/h3-5,7-8H,6,9-12H2,1-2H3,(H2,15,16,17). The molecule has 0 atom stereocenters. The zero-order valence-corrected chi connectivity index (χ0v) is 12.5. The van der Waals surface area contributed by atoms with Gasteiger partial charge >= 0.3 is 0 Å². The summed E-state index contributed by atoms with van der Waals surface area (Å²) >= 11 is 1.86. The lowest BCUT2D eigenvalue weighted by Gasteiger charge is -2.12. The Morgan fingerprint density at radius 1 is 1.21 bits per heavy atom. The van der Waals surface area contributed by atoms with E-state index in [9.17, 15) is 0 Å². The number of benzene rings is 1. The number of guanidine groups is 1. The van der Waals surface area contributed by atoms with Crippen molar-refractivity contribution in [2.45, 2.75) is 6.42 Å². The third-order valence-electron chi connectivity index (χ3n) is 2.45. The quantitative estimate of drug-likeness (QED) is 0.434. The third kappa shape index (κ3) is 7.62. The predicted octanol–water partition coefficient (Wildman–Crippen LogP) is 1.98. The van der Waals surface area contributed by atoms with E-state index >= 15 is 0 Å². The molecule has 0 amide bonds.